The van der Waals surface area contributed by atoms with Gasteiger partial charge in [0.25, 0.3) is 0 Å². The SMILES string of the molecule is CCNC(=O)C(C)N(C)Cc1ccccc1CN. The summed E-state index contributed by atoms with van der Waals surface area (Å²) in [6, 6.07) is 7.93. The Kier molecular flexibility index (Phi) is 5.82. The summed E-state index contributed by atoms with van der Waals surface area (Å²) < 4.78 is 0. The third-order valence-corrected chi connectivity index (χ3v) is 3.15. The van der Waals surface area contributed by atoms with E-state index < -0.39 is 0 Å². The smallest absolute Gasteiger partial charge is 0.237 e. The molecule has 18 heavy (non-hydrogen) atoms. The van der Waals surface area contributed by atoms with Gasteiger partial charge in [-0.3, -0.25) is 9.69 Å². The van der Waals surface area contributed by atoms with Crippen molar-refractivity contribution in [3.05, 3.63) is 35.4 Å². The summed E-state index contributed by atoms with van der Waals surface area (Å²) in [5.74, 6) is 0.0604. The van der Waals surface area contributed by atoms with E-state index in [1.165, 1.54) is 5.56 Å². The van der Waals surface area contributed by atoms with E-state index in [0.29, 0.717) is 13.1 Å². The van der Waals surface area contributed by atoms with Gasteiger partial charge in [-0.2, -0.15) is 0 Å². The molecule has 0 fully saturated rings. The zero-order valence-electron chi connectivity index (χ0n) is 11.4. The van der Waals surface area contributed by atoms with E-state index in [1.54, 1.807) is 0 Å². The van der Waals surface area contributed by atoms with Gasteiger partial charge in [0.1, 0.15) is 0 Å². The van der Waals surface area contributed by atoms with Crippen LogP contribution in [0.25, 0.3) is 0 Å². The van der Waals surface area contributed by atoms with Crippen molar-refractivity contribution in [1.29, 1.82) is 0 Å². The average Bonchev–Trinajstić information content (AvgIpc) is 2.38. The molecule has 3 N–H and O–H groups in total. The molecule has 0 aliphatic rings. The predicted molar refractivity (Wildman–Crippen MR) is 73.9 cm³/mol. The van der Waals surface area contributed by atoms with Crippen molar-refractivity contribution in [2.75, 3.05) is 13.6 Å². The highest BCUT2D eigenvalue weighted by atomic mass is 16.2. The first-order valence-electron chi connectivity index (χ1n) is 6.35. The Labute approximate surface area is 109 Å². The Bertz CT molecular complexity index is 392. The number of amides is 1. The molecule has 4 nitrogen and oxygen atoms in total. The second-order valence-electron chi connectivity index (χ2n) is 4.46. The Balaban J connectivity index is 2.69. The first-order valence-corrected chi connectivity index (χ1v) is 6.35. The van der Waals surface area contributed by atoms with E-state index in [0.717, 1.165) is 12.1 Å². The highest BCUT2D eigenvalue weighted by Gasteiger charge is 2.17. The maximum absolute atomic E-state index is 11.8. The fourth-order valence-electron chi connectivity index (χ4n) is 1.84. The van der Waals surface area contributed by atoms with Crippen LogP contribution >= 0.6 is 0 Å². The second kappa shape index (κ2) is 7.13. The van der Waals surface area contributed by atoms with Gasteiger partial charge in [-0.25, -0.2) is 0 Å². The normalized spacial score (nSPS) is 12.5. The summed E-state index contributed by atoms with van der Waals surface area (Å²) >= 11 is 0. The summed E-state index contributed by atoms with van der Waals surface area (Å²) in [5, 5.41) is 2.84. The van der Waals surface area contributed by atoms with Crippen molar-refractivity contribution in [1.82, 2.24) is 10.2 Å². The first-order chi connectivity index (χ1) is 8.60. The molecule has 0 heterocycles. The lowest BCUT2D eigenvalue weighted by Gasteiger charge is -2.24. The number of carbonyl (C=O) groups excluding carboxylic acids is 1. The van der Waals surface area contributed by atoms with Crippen molar-refractivity contribution in [3.8, 4) is 0 Å². The Hall–Kier alpha value is -1.39. The molecule has 1 aromatic rings. The molecule has 1 unspecified atom stereocenters. The van der Waals surface area contributed by atoms with E-state index in [4.69, 9.17) is 5.73 Å². The van der Waals surface area contributed by atoms with Crippen molar-refractivity contribution >= 4 is 5.91 Å². The molecule has 0 aliphatic heterocycles. The number of nitrogens with one attached hydrogen (secondary N) is 1. The lowest BCUT2D eigenvalue weighted by Crippen LogP contribution is -2.42. The standard InChI is InChI=1S/C14H23N3O/c1-4-16-14(18)11(2)17(3)10-13-8-6-5-7-12(13)9-15/h5-8,11H,4,9-10,15H2,1-3H3,(H,16,18). The molecular weight excluding hydrogens is 226 g/mol. The molecule has 1 atom stereocenters. The van der Waals surface area contributed by atoms with Crippen molar-refractivity contribution in [3.63, 3.8) is 0 Å². The van der Waals surface area contributed by atoms with Gasteiger partial charge >= 0.3 is 0 Å². The number of benzene rings is 1. The van der Waals surface area contributed by atoms with E-state index in [-0.39, 0.29) is 11.9 Å². The summed E-state index contributed by atoms with van der Waals surface area (Å²) in [6.45, 7) is 5.76. The van der Waals surface area contributed by atoms with Gasteiger partial charge in [-0.15, -0.1) is 0 Å². The molecule has 0 saturated heterocycles. The molecule has 0 aromatic heterocycles. The van der Waals surface area contributed by atoms with Crippen LogP contribution in [-0.2, 0) is 17.9 Å². The van der Waals surface area contributed by atoms with E-state index >= 15 is 0 Å². The number of likely N-dealkylation sites (N-methyl/N-ethyl adjacent to an activating group) is 2. The number of rotatable bonds is 6. The lowest BCUT2D eigenvalue weighted by atomic mass is 10.1. The van der Waals surface area contributed by atoms with Gasteiger partial charge in [0.2, 0.25) is 5.91 Å². The minimum Gasteiger partial charge on any atom is -0.355 e. The van der Waals surface area contributed by atoms with Crippen LogP contribution in [0.15, 0.2) is 24.3 Å². The predicted octanol–water partition coefficient (Wildman–Crippen LogP) is 1.10. The summed E-state index contributed by atoms with van der Waals surface area (Å²) in [4.78, 5) is 13.8. The van der Waals surface area contributed by atoms with Crippen molar-refractivity contribution < 1.29 is 4.79 Å². The van der Waals surface area contributed by atoms with Gasteiger partial charge in [-0.05, 0) is 32.0 Å². The first kappa shape index (κ1) is 14.7. The molecule has 0 saturated carbocycles. The molecular formula is C14H23N3O. The Morgan fingerprint density at radius 3 is 2.56 bits per heavy atom. The molecule has 0 spiro atoms. The molecule has 1 amide bonds. The Morgan fingerprint density at radius 2 is 2.00 bits per heavy atom. The van der Waals surface area contributed by atoms with Gasteiger partial charge < -0.3 is 11.1 Å². The summed E-state index contributed by atoms with van der Waals surface area (Å²) in [5.41, 5.74) is 8.02. The number of nitrogens with two attached hydrogens (primary N) is 1. The van der Waals surface area contributed by atoms with Crippen LogP contribution in [0.5, 0.6) is 0 Å². The van der Waals surface area contributed by atoms with Gasteiger partial charge in [0, 0.05) is 19.6 Å². The van der Waals surface area contributed by atoms with Crippen LogP contribution in [-0.4, -0.2) is 30.4 Å². The van der Waals surface area contributed by atoms with Crippen LogP contribution in [0.4, 0.5) is 0 Å². The van der Waals surface area contributed by atoms with Crippen molar-refractivity contribution in [2.45, 2.75) is 33.0 Å². The van der Waals surface area contributed by atoms with Crippen LogP contribution in [0, 0.1) is 0 Å². The summed E-state index contributed by atoms with van der Waals surface area (Å²) in [7, 11) is 1.95. The monoisotopic (exact) mass is 249 g/mol. The topological polar surface area (TPSA) is 58.4 Å². The number of nitrogens with zero attached hydrogens (tertiary/aromatic N) is 1. The highest BCUT2D eigenvalue weighted by Crippen LogP contribution is 2.12. The highest BCUT2D eigenvalue weighted by molar-refractivity contribution is 5.81. The lowest BCUT2D eigenvalue weighted by molar-refractivity contribution is -0.125. The van der Waals surface area contributed by atoms with Gasteiger partial charge in [0.15, 0.2) is 0 Å². The van der Waals surface area contributed by atoms with Crippen LogP contribution in [0.3, 0.4) is 0 Å². The minimum absolute atomic E-state index is 0.0604. The molecule has 0 aliphatic carbocycles. The summed E-state index contributed by atoms with van der Waals surface area (Å²) in [6.07, 6.45) is 0. The third-order valence-electron chi connectivity index (χ3n) is 3.15. The molecule has 0 radical (unpaired) electrons. The maximum atomic E-state index is 11.8. The van der Waals surface area contributed by atoms with Gasteiger partial charge in [-0.1, -0.05) is 24.3 Å². The van der Waals surface area contributed by atoms with Gasteiger partial charge in [0.05, 0.1) is 6.04 Å². The third kappa shape index (κ3) is 3.82. The molecule has 1 aromatic carbocycles. The van der Waals surface area contributed by atoms with Crippen LogP contribution in [0.1, 0.15) is 25.0 Å². The number of hydrogen-bond donors (Lipinski definition) is 2. The largest absolute Gasteiger partial charge is 0.355 e. The van der Waals surface area contributed by atoms with E-state index in [1.807, 2.05) is 44.0 Å². The van der Waals surface area contributed by atoms with E-state index in [9.17, 15) is 4.79 Å². The van der Waals surface area contributed by atoms with Crippen molar-refractivity contribution in [2.24, 2.45) is 5.73 Å². The molecule has 0 bridgehead atoms. The quantitative estimate of drug-likeness (QED) is 0.794. The molecule has 1 rings (SSSR count). The minimum atomic E-state index is -0.143. The average molecular weight is 249 g/mol. The number of carbonyl (C=O) groups is 1. The van der Waals surface area contributed by atoms with Crippen LogP contribution in [0.2, 0.25) is 0 Å². The van der Waals surface area contributed by atoms with Crippen LogP contribution < -0.4 is 11.1 Å². The zero-order valence-corrected chi connectivity index (χ0v) is 11.4. The zero-order chi connectivity index (χ0) is 13.5. The maximum Gasteiger partial charge on any atom is 0.237 e. The molecule has 4 heteroatoms. The second-order valence-corrected chi connectivity index (χ2v) is 4.46. The fourth-order valence-corrected chi connectivity index (χ4v) is 1.84. The Morgan fingerprint density at radius 1 is 1.39 bits per heavy atom. The fraction of sp³-hybridized carbons (Fsp3) is 0.500. The molecule has 100 valence electrons. The van der Waals surface area contributed by atoms with E-state index in [2.05, 4.69) is 11.4 Å². The number of hydrogen-bond acceptors (Lipinski definition) is 3.